The first-order valence-corrected chi connectivity index (χ1v) is 19.3. The lowest BCUT2D eigenvalue weighted by atomic mass is 9.91. The summed E-state index contributed by atoms with van der Waals surface area (Å²) in [5.41, 5.74) is 7.44. The van der Waals surface area contributed by atoms with Crippen LogP contribution in [0.4, 0.5) is 18.9 Å². The van der Waals surface area contributed by atoms with Gasteiger partial charge in [0.15, 0.2) is 6.10 Å². The van der Waals surface area contributed by atoms with Crippen LogP contribution >= 0.6 is 22.6 Å². The van der Waals surface area contributed by atoms with Gasteiger partial charge in [0.25, 0.3) is 0 Å². The van der Waals surface area contributed by atoms with Crippen molar-refractivity contribution in [1.82, 2.24) is 9.88 Å². The summed E-state index contributed by atoms with van der Waals surface area (Å²) in [6.45, 7) is 7.42. The Morgan fingerprint density at radius 2 is 1.63 bits per heavy atom. The molecule has 0 radical (unpaired) electrons. The number of ether oxygens (including phenoxy) is 4. The summed E-state index contributed by atoms with van der Waals surface area (Å²) >= 11 is 2.28. The first-order valence-electron chi connectivity index (χ1n) is 18.2. The molecule has 4 aromatic rings. The number of aliphatic hydroxyl groups is 2. The lowest BCUT2D eigenvalue weighted by Gasteiger charge is -2.41. The van der Waals surface area contributed by atoms with Gasteiger partial charge in [0.05, 0.1) is 16.3 Å². The van der Waals surface area contributed by atoms with Crippen LogP contribution in [-0.4, -0.2) is 90.4 Å². The van der Waals surface area contributed by atoms with Crippen LogP contribution in [0.2, 0.25) is 0 Å². The van der Waals surface area contributed by atoms with E-state index in [1.807, 2.05) is 60.7 Å². The molecule has 2 fully saturated rings. The van der Waals surface area contributed by atoms with E-state index in [9.17, 15) is 23.4 Å². The van der Waals surface area contributed by atoms with Gasteiger partial charge in [-0.3, -0.25) is 4.90 Å². The van der Waals surface area contributed by atoms with Gasteiger partial charge in [0.1, 0.15) is 41.3 Å². The molecule has 0 aliphatic carbocycles. The summed E-state index contributed by atoms with van der Waals surface area (Å²) < 4.78 is 64.7. The number of hydrogen-bond acceptors (Lipinski definition) is 10. The molecule has 4 N–H and O–H groups in total. The van der Waals surface area contributed by atoms with Crippen LogP contribution in [0.5, 0.6) is 23.1 Å². The number of halogens is 4. The highest BCUT2D eigenvalue weighted by molar-refractivity contribution is 14.1. The number of piperazine rings is 1. The fourth-order valence-electron chi connectivity index (χ4n) is 6.63. The van der Waals surface area contributed by atoms with Crippen molar-refractivity contribution in [3.8, 4) is 23.1 Å². The monoisotopic (exact) mass is 862 g/mol. The number of anilines is 1. The predicted molar refractivity (Wildman–Crippen MR) is 207 cm³/mol. The van der Waals surface area contributed by atoms with Gasteiger partial charge in [0, 0.05) is 37.9 Å². The van der Waals surface area contributed by atoms with Crippen LogP contribution in [0.25, 0.3) is 0 Å². The highest BCUT2D eigenvalue weighted by Gasteiger charge is 2.45. The first-order chi connectivity index (χ1) is 26.0. The van der Waals surface area contributed by atoms with Crippen molar-refractivity contribution >= 4 is 28.3 Å². The van der Waals surface area contributed by atoms with E-state index < -0.39 is 42.4 Å². The SMILES string of the molecule is C[C@H]1O[C@@H](c2ccc(N3CCN(CCCCOc4ccc(Oc5ccc(CCN)cc5I)cc4)CC3)cc2)[C@H](Oc2cccc(C(F)(F)F)n2)[C@@H](O)[C@H]1O. The van der Waals surface area contributed by atoms with Gasteiger partial charge in [-0.15, -0.1) is 0 Å². The summed E-state index contributed by atoms with van der Waals surface area (Å²) in [7, 11) is 0. The van der Waals surface area contributed by atoms with Crippen molar-refractivity contribution < 1.29 is 42.3 Å². The van der Waals surface area contributed by atoms with E-state index in [0.717, 1.165) is 84.6 Å². The average molecular weight is 863 g/mol. The third-order valence-corrected chi connectivity index (χ3v) is 10.5. The average Bonchev–Trinajstić information content (AvgIpc) is 3.17. The topological polar surface area (TPSA) is 123 Å². The second-order valence-electron chi connectivity index (χ2n) is 13.5. The Morgan fingerprint density at radius 3 is 2.31 bits per heavy atom. The summed E-state index contributed by atoms with van der Waals surface area (Å²) in [6, 6.07) is 24.8. The van der Waals surface area contributed by atoms with E-state index in [2.05, 4.69) is 43.4 Å². The zero-order chi connectivity index (χ0) is 38.2. The predicted octanol–water partition coefficient (Wildman–Crippen LogP) is 6.61. The van der Waals surface area contributed by atoms with Gasteiger partial charge in [-0.25, -0.2) is 4.98 Å². The molecule has 2 aliphatic heterocycles. The van der Waals surface area contributed by atoms with Gasteiger partial charge < -0.3 is 39.8 Å². The highest BCUT2D eigenvalue weighted by Crippen LogP contribution is 2.37. The maximum absolute atomic E-state index is 13.3. The molecule has 0 amide bonds. The molecule has 6 rings (SSSR count). The molecule has 2 saturated heterocycles. The number of benzene rings is 3. The Kier molecular flexibility index (Phi) is 13.6. The highest BCUT2D eigenvalue weighted by atomic mass is 127. The van der Waals surface area contributed by atoms with E-state index in [1.165, 1.54) is 17.7 Å². The van der Waals surface area contributed by atoms with E-state index in [0.29, 0.717) is 18.7 Å². The minimum atomic E-state index is -4.66. The number of nitrogens with two attached hydrogens (primary N) is 1. The molecule has 290 valence electrons. The number of unbranched alkanes of at least 4 members (excludes halogenated alkanes) is 1. The quantitative estimate of drug-likeness (QED) is 0.0944. The van der Waals surface area contributed by atoms with Crippen molar-refractivity contribution in [3.63, 3.8) is 0 Å². The van der Waals surface area contributed by atoms with E-state index in [1.54, 1.807) is 6.92 Å². The second-order valence-corrected chi connectivity index (χ2v) is 14.7. The van der Waals surface area contributed by atoms with Gasteiger partial charge in [-0.05, 0) is 128 Å². The number of rotatable bonds is 14. The Balaban J connectivity index is 0.935. The molecule has 3 aromatic carbocycles. The number of pyridine rings is 1. The van der Waals surface area contributed by atoms with Crippen molar-refractivity contribution in [2.24, 2.45) is 5.73 Å². The maximum atomic E-state index is 13.3. The van der Waals surface area contributed by atoms with Crippen LogP contribution < -0.4 is 24.8 Å². The molecule has 14 heteroatoms. The van der Waals surface area contributed by atoms with Gasteiger partial charge in [-0.2, -0.15) is 13.2 Å². The lowest BCUT2D eigenvalue weighted by Crippen LogP contribution is -2.55. The molecule has 3 heterocycles. The van der Waals surface area contributed by atoms with E-state index in [-0.39, 0.29) is 5.88 Å². The van der Waals surface area contributed by atoms with Crippen LogP contribution in [0, 0.1) is 3.57 Å². The molecule has 1 aromatic heterocycles. The molecule has 0 bridgehead atoms. The van der Waals surface area contributed by atoms with Gasteiger partial charge in [0.2, 0.25) is 5.88 Å². The Bertz CT molecular complexity index is 1790. The smallest absolute Gasteiger partial charge is 0.433 e. The van der Waals surface area contributed by atoms with Gasteiger partial charge in [-0.1, -0.05) is 24.3 Å². The van der Waals surface area contributed by atoms with Crippen LogP contribution in [0.3, 0.4) is 0 Å². The standard InChI is InChI=1S/C40H46F3IN4O6/c1-26-36(49)37(50)39(54-35-6-4-5-34(46-35)40(41,42)43)38(52-26)28-8-10-29(11-9-28)48-22-20-47(21-23-48)19-2-3-24-51-30-12-14-31(15-13-30)53-33-16-7-27(17-18-45)25-32(33)44/h4-16,25-26,36-39,49-50H,2-3,17-24,45H2,1H3/t26-,36+,37+,38+,39-/m1/s1. The molecule has 0 unspecified atom stereocenters. The second kappa shape index (κ2) is 18.3. The number of aromatic nitrogens is 1. The van der Waals surface area contributed by atoms with Crippen LogP contribution in [0.1, 0.15) is 42.7 Å². The van der Waals surface area contributed by atoms with Crippen molar-refractivity contribution in [1.29, 1.82) is 0 Å². The largest absolute Gasteiger partial charge is 0.494 e. The molecule has 54 heavy (non-hydrogen) atoms. The summed E-state index contributed by atoms with van der Waals surface area (Å²) in [6.07, 6.45) is -7.33. The molecular formula is C40H46F3IN4O6. The van der Waals surface area contributed by atoms with E-state index in [4.69, 9.17) is 24.7 Å². The first kappa shape index (κ1) is 40.0. The third kappa shape index (κ3) is 10.3. The fraction of sp³-hybridized carbons (Fsp3) is 0.425. The minimum Gasteiger partial charge on any atom is -0.494 e. The third-order valence-electron chi connectivity index (χ3n) is 9.68. The van der Waals surface area contributed by atoms with Crippen molar-refractivity contribution in [2.45, 2.75) is 62.9 Å². The zero-order valence-electron chi connectivity index (χ0n) is 30.0. The molecule has 0 spiro atoms. The summed E-state index contributed by atoms with van der Waals surface area (Å²) in [5.74, 6) is 2.05. The zero-order valence-corrected chi connectivity index (χ0v) is 32.2. The summed E-state index contributed by atoms with van der Waals surface area (Å²) in [5, 5.41) is 21.4. The minimum absolute atomic E-state index is 0.320. The number of aliphatic hydroxyl groups excluding tert-OH is 2. The van der Waals surface area contributed by atoms with Gasteiger partial charge >= 0.3 is 6.18 Å². The molecule has 0 saturated carbocycles. The van der Waals surface area contributed by atoms with E-state index >= 15 is 0 Å². The fourth-order valence-corrected chi connectivity index (χ4v) is 7.32. The van der Waals surface area contributed by atoms with Crippen molar-refractivity contribution in [2.75, 3.05) is 50.8 Å². The number of alkyl halides is 3. The number of hydrogen-bond donors (Lipinski definition) is 3. The summed E-state index contributed by atoms with van der Waals surface area (Å²) in [4.78, 5) is 8.33. The van der Waals surface area contributed by atoms with Crippen LogP contribution in [-0.2, 0) is 17.3 Å². The Labute approximate surface area is 327 Å². The molecule has 2 aliphatic rings. The molecular weight excluding hydrogens is 816 g/mol. The number of nitrogens with zero attached hydrogens (tertiary/aromatic N) is 3. The molecule has 10 nitrogen and oxygen atoms in total. The van der Waals surface area contributed by atoms with Crippen molar-refractivity contribution in [3.05, 3.63) is 105 Å². The molecule has 5 atom stereocenters. The Morgan fingerprint density at radius 1 is 0.907 bits per heavy atom. The Hall–Kier alpha value is -3.67. The normalized spacial score (nSPS) is 22.2. The maximum Gasteiger partial charge on any atom is 0.433 e. The van der Waals surface area contributed by atoms with Crippen LogP contribution in [0.15, 0.2) is 84.9 Å². The lowest BCUT2D eigenvalue weighted by molar-refractivity contribution is -0.213.